The second-order valence-electron chi connectivity index (χ2n) is 6.27. The molecular weight excluding hydrogens is 392 g/mol. The second kappa shape index (κ2) is 8.03. The molecule has 150 valence electrons. The summed E-state index contributed by atoms with van der Waals surface area (Å²) < 4.78 is 53.4. The highest BCUT2D eigenvalue weighted by atomic mass is 32.2. The highest BCUT2D eigenvalue weighted by Gasteiger charge is 2.23. The third-order valence-electron chi connectivity index (χ3n) is 4.09. The molecule has 0 atom stereocenters. The highest BCUT2D eigenvalue weighted by Crippen LogP contribution is 2.21. The van der Waals surface area contributed by atoms with Crippen molar-refractivity contribution in [2.45, 2.75) is 24.8 Å². The molecule has 2 aromatic rings. The molecule has 0 saturated heterocycles. The minimum Gasteiger partial charge on any atom is -0.366 e. The van der Waals surface area contributed by atoms with Gasteiger partial charge in [-0.25, -0.2) is 17.2 Å². The molecule has 2 amide bonds. The van der Waals surface area contributed by atoms with E-state index in [0.29, 0.717) is 6.07 Å². The Hall–Kier alpha value is -2.85. The van der Waals surface area contributed by atoms with Gasteiger partial charge in [0.15, 0.2) is 0 Å². The van der Waals surface area contributed by atoms with Crippen molar-refractivity contribution in [3.63, 3.8) is 0 Å². The number of halogens is 2. The Balaban J connectivity index is 2.27. The Kier molecular flexibility index (Phi) is 6.15. The van der Waals surface area contributed by atoms with Crippen LogP contribution in [0.2, 0.25) is 0 Å². The maximum absolute atomic E-state index is 13.9. The summed E-state index contributed by atoms with van der Waals surface area (Å²) in [6, 6.07) is 5.99. The van der Waals surface area contributed by atoms with E-state index in [1.807, 2.05) is 0 Å². The Morgan fingerprint density at radius 2 is 1.64 bits per heavy atom. The summed E-state index contributed by atoms with van der Waals surface area (Å²) in [4.78, 5) is 23.4. The lowest BCUT2D eigenvalue weighted by molar-refractivity contribution is 0.0992. The van der Waals surface area contributed by atoms with Crippen LogP contribution in [0.15, 0.2) is 41.3 Å². The number of hydrogen-bond acceptors (Lipinski definition) is 4. The fourth-order valence-corrected chi connectivity index (χ4v) is 3.62. The maximum atomic E-state index is 13.9. The Morgan fingerprint density at radius 3 is 2.14 bits per heavy atom. The van der Waals surface area contributed by atoms with Crippen molar-refractivity contribution >= 4 is 27.5 Å². The zero-order valence-corrected chi connectivity index (χ0v) is 16.2. The van der Waals surface area contributed by atoms with Gasteiger partial charge < -0.3 is 11.1 Å². The number of nitrogens with two attached hydrogens (primary N) is 1. The second-order valence-corrected chi connectivity index (χ2v) is 8.27. The van der Waals surface area contributed by atoms with Gasteiger partial charge in [0, 0.05) is 24.7 Å². The summed E-state index contributed by atoms with van der Waals surface area (Å²) in [5.41, 5.74) is 4.03. The number of primary amides is 1. The Morgan fingerprint density at radius 1 is 1.07 bits per heavy atom. The predicted molar refractivity (Wildman–Crippen MR) is 99.4 cm³/mol. The van der Waals surface area contributed by atoms with Gasteiger partial charge in [0.2, 0.25) is 10.0 Å². The van der Waals surface area contributed by atoms with Gasteiger partial charge >= 0.3 is 0 Å². The van der Waals surface area contributed by atoms with E-state index in [0.717, 1.165) is 6.07 Å². The quantitative estimate of drug-likeness (QED) is 0.760. The third kappa shape index (κ3) is 4.34. The smallest absolute Gasteiger partial charge is 0.255 e. The number of nitrogens with one attached hydrogen (secondary N) is 1. The topological polar surface area (TPSA) is 110 Å². The van der Waals surface area contributed by atoms with Crippen LogP contribution < -0.4 is 11.1 Å². The summed E-state index contributed by atoms with van der Waals surface area (Å²) in [6.07, 6.45) is 0. The minimum absolute atomic E-state index is 0.00997. The fourth-order valence-electron chi connectivity index (χ4n) is 2.25. The van der Waals surface area contributed by atoms with Crippen molar-refractivity contribution in [1.29, 1.82) is 0 Å². The van der Waals surface area contributed by atoms with Crippen LogP contribution in [0.5, 0.6) is 0 Å². The zero-order chi connectivity index (χ0) is 21.2. The molecule has 0 radical (unpaired) electrons. The average molecular weight is 411 g/mol. The molecule has 2 aromatic carbocycles. The number of hydrogen-bond donors (Lipinski definition) is 2. The number of rotatable bonds is 6. The first-order valence-electron chi connectivity index (χ1n) is 8.13. The summed E-state index contributed by atoms with van der Waals surface area (Å²) in [5.74, 6) is -4.13. The number of amides is 2. The summed E-state index contributed by atoms with van der Waals surface area (Å²) in [7, 11) is -2.28. The molecule has 0 saturated carbocycles. The Bertz CT molecular complexity index is 1020. The van der Waals surface area contributed by atoms with Gasteiger partial charge in [0.1, 0.15) is 11.6 Å². The average Bonchev–Trinajstić information content (AvgIpc) is 2.62. The first-order valence-corrected chi connectivity index (χ1v) is 9.57. The van der Waals surface area contributed by atoms with E-state index >= 15 is 0 Å². The first kappa shape index (κ1) is 21.5. The van der Waals surface area contributed by atoms with Crippen molar-refractivity contribution in [3.05, 3.63) is 59.2 Å². The van der Waals surface area contributed by atoms with Crippen molar-refractivity contribution in [1.82, 2.24) is 4.31 Å². The molecule has 0 aromatic heterocycles. The molecule has 0 unspecified atom stereocenters. The Labute approximate surface area is 161 Å². The lowest BCUT2D eigenvalue weighted by Gasteiger charge is -2.21. The number of anilines is 1. The third-order valence-corrected chi connectivity index (χ3v) is 6.14. The molecule has 0 bridgehead atoms. The standard InChI is InChI=1S/C18H19F2N3O4S/c1-10(2)23(3)28(26,27)12-6-4-11(5-7-12)18(25)22-16-8-13(17(21)24)14(19)9-15(16)20/h4-10H,1-3H3,(H2,21,24)(H,22,25). The molecule has 2 rings (SSSR count). The van der Waals surface area contributed by atoms with Crippen LogP contribution in [-0.2, 0) is 10.0 Å². The number of nitrogens with zero attached hydrogens (tertiary/aromatic N) is 1. The van der Waals surface area contributed by atoms with Crippen LogP contribution in [0.4, 0.5) is 14.5 Å². The molecule has 0 aliphatic carbocycles. The lowest BCUT2D eigenvalue weighted by Crippen LogP contribution is -2.33. The SMILES string of the molecule is CC(C)N(C)S(=O)(=O)c1ccc(C(=O)Nc2cc(C(N)=O)c(F)cc2F)cc1. The van der Waals surface area contributed by atoms with Gasteiger partial charge in [-0.1, -0.05) is 0 Å². The van der Waals surface area contributed by atoms with Crippen LogP contribution in [0.3, 0.4) is 0 Å². The maximum Gasteiger partial charge on any atom is 0.255 e. The molecule has 0 aliphatic heterocycles. The van der Waals surface area contributed by atoms with E-state index in [2.05, 4.69) is 5.32 Å². The van der Waals surface area contributed by atoms with E-state index in [1.54, 1.807) is 13.8 Å². The first-order chi connectivity index (χ1) is 12.9. The molecule has 28 heavy (non-hydrogen) atoms. The predicted octanol–water partition coefficient (Wildman–Crippen LogP) is 2.34. The minimum atomic E-state index is -3.72. The molecule has 0 fully saturated rings. The van der Waals surface area contributed by atoms with Gasteiger partial charge in [0.25, 0.3) is 11.8 Å². The van der Waals surface area contributed by atoms with Gasteiger partial charge in [-0.05, 0) is 44.2 Å². The molecule has 0 heterocycles. The van der Waals surface area contributed by atoms with Crippen LogP contribution in [0, 0.1) is 11.6 Å². The van der Waals surface area contributed by atoms with E-state index in [1.165, 1.54) is 35.6 Å². The fraction of sp³-hybridized carbons (Fsp3) is 0.222. The normalized spacial score (nSPS) is 11.7. The van der Waals surface area contributed by atoms with Crippen LogP contribution in [-0.4, -0.2) is 37.6 Å². The molecule has 0 spiro atoms. The molecule has 3 N–H and O–H groups in total. The van der Waals surface area contributed by atoms with E-state index in [4.69, 9.17) is 5.73 Å². The molecule has 10 heteroatoms. The number of carbonyl (C=O) groups excluding carboxylic acids is 2. The van der Waals surface area contributed by atoms with Gasteiger partial charge in [0.05, 0.1) is 16.1 Å². The van der Waals surface area contributed by atoms with Crippen molar-refractivity contribution in [3.8, 4) is 0 Å². The summed E-state index contributed by atoms with van der Waals surface area (Å²) >= 11 is 0. The number of sulfonamides is 1. The molecule has 7 nitrogen and oxygen atoms in total. The molecule has 0 aliphatic rings. The number of carbonyl (C=O) groups is 2. The van der Waals surface area contributed by atoms with E-state index < -0.39 is 44.7 Å². The summed E-state index contributed by atoms with van der Waals surface area (Å²) in [5, 5.41) is 2.20. The van der Waals surface area contributed by atoms with Crippen LogP contribution in [0.25, 0.3) is 0 Å². The van der Waals surface area contributed by atoms with Gasteiger partial charge in [-0.15, -0.1) is 0 Å². The largest absolute Gasteiger partial charge is 0.366 e. The monoisotopic (exact) mass is 411 g/mol. The van der Waals surface area contributed by atoms with E-state index in [9.17, 15) is 26.8 Å². The van der Waals surface area contributed by atoms with E-state index in [-0.39, 0.29) is 16.5 Å². The lowest BCUT2D eigenvalue weighted by atomic mass is 10.1. The van der Waals surface area contributed by atoms with Crippen molar-refractivity contribution in [2.24, 2.45) is 5.73 Å². The number of benzene rings is 2. The molecular formula is C18H19F2N3O4S. The van der Waals surface area contributed by atoms with Gasteiger partial charge in [-0.2, -0.15) is 4.31 Å². The summed E-state index contributed by atoms with van der Waals surface area (Å²) in [6.45, 7) is 3.44. The van der Waals surface area contributed by atoms with Crippen molar-refractivity contribution in [2.75, 3.05) is 12.4 Å². The highest BCUT2D eigenvalue weighted by molar-refractivity contribution is 7.89. The van der Waals surface area contributed by atoms with Crippen molar-refractivity contribution < 1.29 is 26.8 Å². The van der Waals surface area contributed by atoms with Crippen LogP contribution >= 0.6 is 0 Å². The van der Waals surface area contributed by atoms with Gasteiger partial charge in [-0.3, -0.25) is 9.59 Å². The zero-order valence-electron chi connectivity index (χ0n) is 15.4. The van der Waals surface area contributed by atoms with Crippen LogP contribution in [0.1, 0.15) is 34.6 Å².